The Morgan fingerprint density at radius 1 is 1.09 bits per heavy atom. The Morgan fingerprint density at radius 2 is 1.73 bits per heavy atom. The van der Waals surface area contributed by atoms with E-state index in [1.165, 1.54) is 4.31 Å². The molecular formula is C14H17F3N2O2S. The van der Waals surface area contributed by atoms with E-state index in [-0.39, 0.29) is 22.8 Å². The lowest BCUT2D eigenvalue weighted by Gasteiger charge is -2.19. The van der Waals surface area contributed by atoms with Crippen LogP contribution in [0.25, 0.3) is 0 Å². The zero-order chi connectivity index (χ0) is 16.1. The maximum atomic E-state index is 12.5. The van der Waals surface area contributed by atoms with Gasteiger partial charge in [-0.05, 0) is 48.9 Å². The van der Waals surface area contributed by atoms with Crippen molar-refractivity contribution in [2.24, 2.45) is 17.6 Å². The maximum Gasteiger partial charge on any atom is 0.416 e. The second kappa shape index (κ2) is 5.21. The highest BCUT2D eigenvalue weighted by atomic mass is 32.2. The second-order valence-electron chi connectivity index (χ2n) is 6.01. The largest absolute Gasteiger partial charge is 0.416 e. The van der Waals surface area contributed by atoms with Gasteiger partial charge in [-0.2, -0.15) is 17.5 Å². The standard InChI is InChI=1S/C14H17F3N2O2S/c15-14(16,17)10-2-4-11(5-3-10)22(20,21)19-7-9-1-6-13(18)12(9)8-19/h2-5,9,12-13H,1,6-8,18H2/t9-,12+,13+/m0/s1. The topological polar surface area (TPSA) is 63.4 Å². The van der Waals surface area contributed by atoms with Gasteiger partial charge in [0.25, 0.3) is 0 Å². The van der Waals surface area contributed by atoms with Crippen LogP contribution < -0.4 is 5.73 Å². The van der Waals surface area contributed by atoms with Crippen molar-refractivity contribution in [1.29, 1.82) is 0 Å². The molecule has 8 heteroatoms. The lowest BCUT2D eigenvalue weighted by molar-refractivity contribution is -0.137. The van der Waals surface area contributed by atoms with E-state index in [1.807, 2.05) is 0 Å². The van der Waals surface area contributed by atoms with Crippen molar-refractivity contribution in [3.05, 3.63) is 29.8 Å². The fourth-order valence-electron chi connectivity index (χ4n) is 3.43. The number of sulfonamides is 1. The second-order valence-corrected chi connectivity index (χ2v) is 7.95. The van der Waals surface area contributed by atoms with E-state index in [0.717, 1.165) is 37.1 Å². The molecular weight excluding hydrogens is 317 g/mol. The van der Waals surface area contributed by atoms with Gasteiger partial charge in [0.1, 0.15) is 0 Å². The summed E-state index contributed by atoms with van der Waals surface area (Å²) >= 11 is 0. The van der Waals surface area contributed by atoms with Gasteiger partial charge in [-0.25, -0.2) is 8.42 Å². The summed E-state index contributed by atoms with van der Waals surface area (Å²) in [4.78, 5) is -0.103. The van der Waals surface area contributed by atoms with Crippen molar-refractivity contribution in [1.82, 2.24) is 4.31 Å². The summed E-state index contributed by atoms with van der Waals surface area (Å²) < 4.78 is 64.1. The molecule has 3 rings (SSSR count). The van der Waals surface area contributed by atoms with Crippen LogP contribution in [-0.2, 0) is 16.2 Å². The van der Waals surface area contributed by atoms with Gasteiger partial charge in [-0.15, -0.1) is 0 Å². The molecule has 1 heterocycles. The van der Waals surface area contributed by atoms with E-state index in [2.05, 4.69) is 0 Å². The summed E-state index contributed by atoms with van der Waals surface area (Å²) in [5.74, 6) is 0.420. The Balaban J connectivity index is 1.82. The highest BCUT2D eigenvalue weighted by molar-refractivity contribution is 7.89. The van der Waals surface area contributed by atoms with Gasteiger partial charge in [0.15, 0.2) is 0 Å². The third-order valence-electron chi connectivity index (χ3n) is 4.70. The Morgan fingerprint density at radius 3 is 2.27 bits per heavy atom. The average Bonchev–Trinajstić information content (AvgIpc) is 3.01. The van der Waals surface area contributed by atoms with E-state index in [0.29, 0.717) is 13.1 Å². The molecule has 1 saturated carbocycles. The van der Waals surface area contributed by atoms with Gasteiger partial charge in [-0.3, -0.25) is 0 Å². The van der Waals surface area contributed by atoms with E-state index in [1.54, 1.807) is 0 Å². The molecule has 1 aromatic rings. The van der Waals surface area contributed by atoms with Crippen LogP contribution in [0.15, 0.2) is 29.2 Å². The normalized spacial score (nSPS) is 29.7. The number of nitrogens with zero attached hydrogens (tertiary/aromatic N) is 1. The van der Waals surface area contributed by atoms with Gasteiger partial charge in [0.05, 0.1) is 10.5 Å². The van der Waals surface area contributed by atoms with Gasteiger partial charge < -0.3 is 5.73 Å². The minimum absolute atomic E-state index is 0.0119. The fraction of sp³-hybridized carbons (Fsp3) is 0.571. The fourth-order valence-corrected chi connectivity index (χ4v) is 4.96. The van der Waals surface area contributed by atoms with Crippen molar-refractivity contribution < 1.29 is 21.6 Å². The van der Waals surface area contributed by atoms with Gasteiger partial charge in [0.2, 0.25) is 10.0 Å². The molecule has 0 radical (unpaired) electrons. The number of benzene rings is 1. The first-order chi connectivity index (χ1) is 10.2. The predicted molar refractivity (Wildman–Crippen MR) is 74.4 cm³/mol. The molecule has 2 N–H and O–H groups in total. The van der Waals surface area contributed by atoms with Crippen molar-refractivity contribution in [2.75, 3.05) is 13.1 Å². The molecule has 2 aliphatic rings. The summed E-state index contributed by atoms with van der Waals surface area (Å²) in [5.41, 5.74) is 5.13. The molecule has 1 aliphatic heterocycles. The molecule has 22 heavy (non-hydrogen) atoms. The first kappa shape index (κ1) is 15.8. The molecule has 0 bridgehead atoms. The van der Waals surface area contributed by atoms with E-state index in [9.17, 15) is 21.6 Å². The van der Waals surface area contributed by atoms with Crippen molar-refractivity contribution in [3.8, 4) is 0 Å². The lowest BCUT2D eigenvalue weighted by Crippen LogP contribution is -2.33. The average molecular weight is 334 g/mol. The van der Waals surface area contributed by atoms with E-state index >= 15 is 0 Å². The minimum atomic E-state index is -4.47. The first-order valence-corrected chi connectivity index (χ1v) is 8.56. The minimum Gasteiger partial charge on any atom is -0.327 e. The van der Waals surface area contributed by atoms with E-state index in [4.69, 9.17) is 5.73 Å². The quantitative estimate of drug-likeness (QED) is 0.900. The summed E-state index contributed by atoms with van der Waals surface area (Å²) in [6, 6.07) is 3.65. The summed E-state index contributed by atoms with van der Waals surface area (Å²) in [7, 11) is -3.76. The summed E-state index contributed by atoms with van der Waals surface area (Å²) in [6.07, 6.45) is -2.66. The van der Waals surface area contributed by atoms with Crippen LogP contribution in [-0.4, -0.2) is 31.9 Å². The summed E-state index contributed by atoms with van der Waals surface area (Å²) in [6.45, 7) is 0.761. The van der Waals surface area contributed by atoms with Crippen molar-refractivity contribution in [2.45, 2.75) is 30.0 Å². The molecule has 4 nitrogen and oxygen atoms in total. The maximum absolute atomic E-state index is 12.5. The molecule has 1 aromatic carbocycles. The Labute approximate surface area is 127 Å². The third-order valence-corrected chi connectivity index (χ3v) is 6.54. The van der Waals surface area contributed by atoms with Gasteiger partial charge >= 0.3 is 6.18 Å². The number of fused-ring (bicyclic) bond motifs is 1. The van der Waals surface area contributed by atoms with Gasteiger partial charge in [0, 0.05) is 19.1 Å². The Kier molecular flexibility index (Phi) is 3.73. The number of rotatable bonds is 2. The third kappa shape index (κ3) is 2.63. The SMILES string of the molecule is N[C@@H]1CC[C@H]2CN(S(=O)(=O)c3ccc(C(F)(F)F)cc3)C[C@H]21. The lowest BCUT2D eigenvalue weighted by atomic mass is 9.98. The number of hydrogen-bond donors (Lipinski definition) is 1. The van der Waals surface area contributed by atoms with Crippen molar-refractivity contribution >= 4 is 10.0 Å². The monoisotopic (exact) mass is 334 g/mol. The number of halogens is 3. The molecule has 0 amide bonds. The van der Waals surface area contributed by atoms with E-state index < -0.39 is 21.8 Å². The molecule has 2 fully saturated rings. The zero-order valence-corrected chi connectivity index (χ0v) is 12.6. The zero-order valence-electron chi connectivity index (χ0n) is 11.8. The van der Waals surface area contributed by atoms with Crippen molar-refractivity contribution in [3.63, 3.8) is 0 Å². The molecule has 1 saturated heterocycles. The molecule has 0 unspecified atom stereocenters. The molecule has 122 valence electrons. The van der Waals surface area contributed by atoms with Crippen LogP contribution in [0.1, 0.15) is 18.4 Å². The molecule has 3 atom stereocenters. The number of nitrogens with two attached hydrogens (primary N) is 1. The number of hydrogen-bond acceptors (Lipinski definition) is 3. The predicted octanol–water partition coefficient (Wildman–Crippen LogP) is 2.06. The highest BCUT2D eigenvalue weighted by Crippen LogP contribution is 2.39. The van der Waals surface area contributed by atoms with Crippen LogP contribution in [0.4, 0.5) is 13.2 Å². The molecule has 0 spiro atoms. The Bertz CT molecular complexity index is 658. The molecule has 1 aliphatic carbocycles. The molecule has 0 aromatic heterocycles. The Hall–Kier alpha value is -1.12. The smallest absolute Gasteiger partial charge is 0.327 e. The van der Waals surface area contributed by atoms with Gasteiger partial charge in [-0.1, -0.05) is 0 Å². The van der Waals surface area contributed by atoms with Crippen LogP contribution in [0, 0.1) is 11.8 Å². The summed E-state index contributed by atoms with van der Waals surface area (Å²) in [5, 5.41) is 0. The number of alkyl halides is 3. The highest BCUT2D eigenvalue weighted by Gasteiger charge is 2.45. The van der Waals surface area contributed by atoms with Crippen LogP contribution >= 0.6 is 0 Å². The van der Waals surface area contributed by atoms with Crippen LogP contribution in [0.2, 0.25) is 0 Å². The van der Waals surface area contributed by atoms with Crippen LogP contribution in [0.3, 0.4) is 0 Å². The van der Waals surface area contributed by atoms with Crippen LogP contribution in [0.5, 0.6) is 0 Å². The first-order valence-electron chi connectivity index (χ1n) is 7.12.